The zero-order chi connectivity index (χ0) is 16.4. The van der Waals surface area contributed by atoms with E-state index in [2.05, 4.69) is 15.5 Å². The van der Waals surface area contributed by atoms with Crippen molar-refractivity contribution in [3.63, 3.8) is 0 Å². The summed E-state index contributed by atoms with van der Waals surface area (Å²) in [6, 6.07) is 11.5. The highest BCUT2D eigenvalue weighted by Crippen LogP contribution is 2.20. The molecule has 3 aromatic rings. The molecular weight excluding hydrogens is 314 g/mol. The van der Waals surface area contributed by atoms with Gasteiger partial charge in [0.1, 0.15) is 0 Å². The number of hydrogen-bond donors (Lipinski definition) is 2. The smallest absolute Gasteiger partial charge is 0.256 e. The Morgan fingerprint density at radius 3 is 2.78 bits per heavy atom. The van der Waals surface area contributed by atoms with E-state index in [-0.39, 0.29) is 16.2 Å². The van der Waals surface area contributed by atoms with Gasteiger partial charge in [0.15, 0.2) is 9.84 Å². The van der Waals surface area contributed by atoms with Crippen LogP contribution < -0.4 is 5.32 Å². The molecule has 1 aromatic heterocycles. The molecule has 118 valence electrons. The Hall–Kier alpha value is -2.67. The summed E-state index contributed by atoms with van der Waals surface area (Å²) in [6.45, 7) is 1.55. The normalized spacial score (nSPS) is 11.5. The number of nitrogens with zero attached hydrogens (tertiary/aromatic N) is 1. The number of fused-ring (bicyclic) bond motifs is 1. The van der Waals surface area contributed by atoms with Crippen LogP contribution in [0.2, 0.25) is 0 Å². The number of carbonyl (C=O) groups is 1. The summed E-state index contributed by atoms with van der Waals surface area (Å²) in [5.74, 6) is -0.520. The van der Waals surface area contributed by atoms with Crippen LogP contribution >= 0.6 is 0 Å². The molecule has 2 N–H and O–H groups in total. The van der Waals surface area contributed by atoms with Gasteiger partial charge in [0.2, 0.25) is 0 Å². The number of hydrogen-bond acceptors (Lipinski definition) is 4. The molecule has 2 aromatic carbocycles. The first-order valence-electron chi connectivity index (χ1n) is 7.07. The highest BCUT2D eigenvalue weighted by Gasteiger charge is 2.20. The van der Waals surface area contributed by atoms with Crippen molar-refractivity contribution in [1.29, 1.82) is 0 Å². The van der Waals surface area contributed by atoms with Gasteiger partial charge in [0.25, 0.3) is 5.91 Å². The lowest BCUT2D eigenvalue weighted by atomic mass is 10.2. The summed E-state index contributed by atoms with van der Waals surface area (Å²) in [7, 11) is -3.47. The van der Waals surface area contributed by atoms with Crippen LogP contribution in [0.25, 0.3) is 10.9 Å². The lowest BCUT2D eigenvalue weighted by Crippen LogP contribution is -2.17. The molecule has 1 heterocycles. The van der Waals surface area contributed by atoms with Crippen LogP contribution in [-0.2, 0) is 9.84 Å². The highest BCUT2D eigenvalue weighted by molar-refractivity contribution is 7.91. The second kappa shape index (κ2) is 5.85. The molecule has 6 nitrogen and oxygen atoms in total. The van der Waals surface area contributed by atoms with Crippen molar-refractivity contribution >= 4 is 32.3 Å². The van der Waals surface area contributed by atoms with Crippen LogP contribution in [0.4, 0.5) is 5.69 Å². The molecule has 0 aliphatic heterocycles. The van der Waals surface area contributed by atoms with Gasteiger partial charge in [-0.05, 0) is 30.3 Å². The first-order chi connectivity index (χ1) is 11.0. The number of aromatic nitrogens is 2. The fraction of sp³-hybridized carbons (Fsp3) is 0.125. The Morgan fingerprint density at radius 1 is 1.22 bits per heavy atom. The van der Waals surface area contributed by atoms with Crippen LogP contribution in [0.3, 0.4) is 0 Å². The molecule has 0 aliphatic carbocycles. The predicted octanol–water partition coefficient (Wildman–Crippen LogP) is 2.61. The number of anilines is 1. The van der Waals surface area contributed by atoms with Crippen molar-refractivity contribution in [1.82, 2.24) is 10.2 Å². The predicted molar refractivity (Wildman–Crippen MR) is 88.2 cm³/mol. The van der Waals surface area contributed by atoms with Gasteiger partial charge in [0, 0.05) is 11.1 Å². The third kappa shape index (κ3) is 2.95. The third-order valence-corrected chi connectivity index (χ3v) is 5.33. The average Bonchev–Trinajstić information content (AvgIpc) is 3.02. The summed E-state index contributed by atoms with van der Waals surface area (Å²) >= 11 is 0. The molecule has 1 amide bonds. The van der Waals surface area contributed by atoms with E-state index in [0.29, 0.717) is 5.69 Å². The van der Waals surface area contributed by atoms with Crippen molar-refractivity contribution in [2.45, 2.75) is 11.8 Å². The second-order valence-electron chi connectivity index (χ2n) is 5.03. The molecule has 3 rings (SSSR count). The molecule has 0 saturated carbocycles. The molecule has 23 heavy (non-hydrogen) atoms. The number of amides is 1. The maximum absolute atomic E-state index is 12.5. The molecule has 0 unspecified atom stereocenters. The van der Waals surface area contributed by atoms with E-state index in [0.717, 1.165) is 10.9 Å². The van der Waals surface area contributed by atoms with Gasteiger partial charge in [-0.15, -0.1) is 0 Å². The third-order valence-electron chi connectivity index (χ3n) is 3.55. The summed E-state index contributed by atoms with van der Waals surface area (Å²) in [5.41, 5.74) is 1.49. The molecule has 7 heteroatoms. The van der Waals surface area contributed by atoms with Crippen molar-refractivity contribution < 1.29 is 13.2 Å². The maximum atomic E-state index is 12.5. The first-order valence-corrected chi connectivity index (χ1v) is 8.73. The van der Waals surface area contributed by atoms with E-state index in [1.165, 1.54) is 12.1 Å². The topological polar surface area (TPSA) is 91.9 Å². The number of carbonyl (C=O) groups excluding carboxylic acids is 1. The summed E-state index contributed by atoms with van der Waals surface area (Å²) < 4.78 is 24.3. The maximum Gasteiger partial charge on any atom is 0.256 e. The van der Waals surface area contributed by atoms with Crippen LogP contribution in [0.1, 0.15) is 17.3 Å². The first kappa shape index (κ1) is 15.2. The van der Waals surface area contributed by atoms with Crippen LogP contribution in [0.15, 0.2) is 53.6 Å². The van der Waals surface area contributed by atoms with E-state index in [1.807, 2.05) is 6.07 Å². The summed E-state index contributed by atoms with van der Waals surface area (Å²) in [4.78, 5) is 12.5. The fourth-order valence-electron chi connectivity index (χ4n) is 2.29. The Morgan fingerprint density at radius 2 is 2.00 bits per heavy atom. The van der Waals surface area contributed by atoms with Gasteiger partial charge in [-0.1, -0.05) is 19.1 Å². The van der Waals surface area contributed by atoms with E-state index in [9.17, 15) is 13.2 Å². The van der Waals surface area contributed by atoms with Crippen LogP contribution in [-0.4, -0.2) is 30.3 Å². The van der Waals surface area contributed by atoms with E-state index >= 15 is 0 Å². The van der Waals surface area contributed by atoms with Crippen LogP contribution in [0.5, 0.6) is 0 Å². The number of sulfone groups is 1. The molecule has 0 atom stereocenters. The van der Waals surface area contributed by atoms with Crippen molar-refractivity contribution in [3.8, 4) is 0 Å². The fourth-order valence-corrected chi connectivity index (χ4v) is 3.39. The van der Waals surface area contributed by atoms with E-state index in [4.69, 9.17) is 0 Å². The zero-order valence-electron chi connectivity index (χ0n) is 12.4. The standard InChI is InChI=1S/C16H15N3O3S/c1-2-23(21,22)15-6-4-3-5-13(15)16(20)18-12-8-7-11-10-17-19-14(11)9-12/h3-10H,2H2,1H3,(H,17,19)(H,18,20). The Labute approximate surface area is 133 Å². The number of nitrogens with one attached hydrogen (secondary N) is 2. The summed E-state index contributed by atoms with van der Waals surface area (Å²) in [6.07, 6.45) is 1.68. The number of aromatic amines is 1. The van der Waals surface area contributed by atoms with Gasteiger partial charge in [-0.25, -0.2) is 8.42 Å². The average molecular weight is 329 g/mol. The quantitative estimate of drug-likeness (QED) is 0.769. The molecular formula is C16H15N3O3S. The van der Waals surface area contributed by atoms with Gasteiger partial charge in [-0.3, -0.25) is 9.89 Å². The highest BCUT2D eigenvalue weighted by atomic mass is 32.2. The monoisotopic (exact) mass is 329 g/mol. The zero-order valence-corrected chi connectivity index (χ0v) is 13.2. The number of H-pyrrole nitrogens is 1. The van der Waals surface area contributed by atoms with E-state index < -0.39 is 15.7 Å². The molecule has 0 saturated heterocycles. The molecule has 0 spiro atoms. The Balaban J connectivity index is 1.95. The lowest BCUT2D eigenvalue weighted by Gasteiger charge is -2.10. The van der Waals surface area contributed by atoms with Gasteiger partial charge in [0.05, 0.1) is 27.9 Å². The minimum atomic E-state index is -3.47. The largest absolute Gasteiger partial charge is 0.322 e. The van der Waals surface area contributed by atoms with Crippen molar-refractivity contribution in [2.75, 3.05) is 11.1 Å². The Bertz CT molecular complexity index is 977. The molecule has 0 bridgehead atoms. The van der Waals surface area contributed by atoms with Gasteiger partial charge >= 0.3 is 0 Å². The van der Waals surface area contributed by atoms with Crippen molar-refractivity contribution in [2.24, 2.45) is 0 Å². The SMILES string of the molecule is CCS(=O)(=O)c1ccccc1C(=O)Nc1ccc2cn[nH]c2c1. The second-order valence-corrected chi connectivity index (χ2v) is 7.27. The van der Waals surface area contributed by atoms with Gasteiger partial charge in [-0.2, -0.15) is 5.10 Å². The molecule has 0 aliphatic rings. The van der Waals surface area contributed by atoms with Gasteiger partial charge < -0.3 is 5.32 Å². The molecule has 0 radical (unpaired) electrons. The van der Waals surface area contributed by atoms with Crippen molar-refractivity contribution in [3.05, 3.63) is 54.2 Å². The van der Waals surface area contributed by atoms with E-state index in [1.54, 1.807) is 37.4 Å². The van der Waals surface area contributed by atoms with Crippen LogP contribution in [0, 0.1) is 0 Å². The lowest BCUT2D eigenvalue weighted by molar-refractivity contribution is 0.102. The number of benzene rings is 2. The minimum Gasteiger partial charge on any atom is -0.322 e. The molecule has 0 fully saturated rings. The Kier molecular flexibility index (Phi) is 3.87. The minimum absolute atomic E-state index is 0.0441. The number of rotatable bonds is 4. The summed E-state index contributed by atoms with van der Waals surface area (Å²) in [5, 5.41) is 10.4.